The lowest BCUT2D eigenvalue weighted by Crippen LogP contribution is -2.21. The number of carbonyl (C=O) groups excluding carboxylic acids is 1. The van der Waals surface area contributed by atoms with Crippen LogP contribution in [0.3, 0.4) is 0 Å². The SMILES string of the molecule is O=C1CCc2ccc(cc2)CCCc2ccc(cc2)CC[C@H]1O. The van der Waals surface area contributed by atoms with E-state index < -0.39 is 6.10 Å². The molecular formula is C21H24O2. The van der Waals surface area contributed by atoms with Crippen LogP contribution in [-0.2, 0) is 30.5 Å². The van der Waals surface area contributed by atoms with E-state index in [1.54, 1.807) is 0 Å². The molecule has 2 nitrogen and oxygen atoms in total. The van der Waals surface area contributed by atoms with Crippen LogP contribution in [0.4, 0.5) is 0 Å². The predicted octanol–water partition coefficient (Wildman–Crippen LogP) is 3.67. The summed E-state index contributed by atoms with van der Waals surface area (Å²) < 4.78 is 0. The first-order valence-corrected chi connectivity index (χ1v) is 8.57. The molecular weight excluding hydrogens is 284 g/mol. The van der Waals surface area contributed by atoms with Crippen molar-refractivity contribution >= 4 is 5.78 Å². The quantitative estimate of drug-likeness (QED) is 0.806. The molecule has 0 heterocycles. The number of aliphatic hydroxyl groups is 1. The highest BCUT2D eigenvalue weighted by molar-refractivity contribution is 5.83. The van der Waals surface area contributed by atoms with E-state index in [2.05, 4.69) is 48.5 Å². The van der Waals surface area contributed by atoms with Gasteiger partial charge in [-0.15, -0.1) is 0 Å². The van der Waals surface area contributed by atoms with Gasteiger partial charge in [-0.2, -0.15) is 0 Å². The van der Waals surface area contributed by atoms with E-state index in [0.717, 1.165) is 25.7 Å². The first-order valence-electron chi connectivity index (χ1n) is 8.57. The summed E-state index contributed by atoms with van der Waals surface area (Å²) in [6, 6.07) is 17.1. The lowest BCUT2D eigenvalue weighted by atomic mass is 9.99. The second-order valence-electron chi connectivity index (χ2n) is 6.51. The number of aryl methyl sites for hydroxylation is 4. The Labute approximate surface area is 138 Å². The van der Waals surface area contributed by atoms with Gasteiger partial charge in [-0.3, -0.25) is 4.79 Å². The first kappa shape index (κ1) is 15.9. The summed E-state index contributed by atoms with van der Waals surface area (Å²) in [4.78, 5) is 12.1. The van der Waals surface area contributed by atoms with Gasteiger partial charge in [0.15, 0.2) is 5.78 Å². The van der Waals surface area contributed by atoms with Crippen molar-refractivity contribution in [2.24, 2.45) is 0 Å². The number of hydrogen-bond donors (Lipinski definition) is 1. The Morgan fingerprint density at radius 1 is 0.652 bits per heavy atom. The van der Waals surface area contributed by atoms with Crippen molar-refractivity contribution < 1.29 is 9.90 Å². The maximum absolute atomic E-state index is 12.1. The topological polar surface area (TPSA) is 37.3 Å². The van der Waals surface area contributed by atoms with Crippen molar-refractivity contribution in [2.75, 3.05) is 0 Å². The fourth-order valence-corrected chi connectivity index (χ4v) is 3.14. The molecule has 2 aromatic carbocycles. The van der Waals surface area contributed by atoms with Crippen LogP contribution in [0.25, 0.3) is 0 Å². The molecule has 0 saturated carbocycles. The summed E-state index contributed by atoms with van der Waals surface area (Å²) >= 11 is 0. The Hall–Kier alpha value is -1.93. The minimum atomic E-state index is -0.843. The number of aliphatic hydroxyl groups excluding tert-OH is 1. The van der Waals surface area contributed by atoms with Crippen LogP contribution in [0.1, 0.15) is 41.5 Å². The summed E-state index contributed by atoms with van der Waals surface area (Å²) in [5, 5.41) is 10.1. The van der Waals surface area contributed by atoms with Crippen LogP contribution in [0.15, 0.2) is 48.5 Å². The van der Waals surface area contributed by atoms with Gasteiger partial charge in [-0.1, -0.05) is 48.5 Å². The molecule has 4 bridgehead atoms. The van der Waals surface area contributed by atoms with Crippen LogP contribution < -0.4 is 0 Å². The zero-order valence-corrected chi connectivity index (χ0v) is 13.5. The maximum Gasteiger partial charge on any atom is 0.161 e. The van der Waals surface area contributed by atoms with E-state index in [4.69, 9.17) is 0 Å². The number of hydrogen-bond acceptors (Lipinski definition) is 2. The second-order valence-corrected chi connectivity index (χ2v) is 6.51. The molecule has 23 heavy (non-hydrogen) atoms. The normalized spacial score (nSPS) is 19.7. The minimum Gasteiger partial charge on any atom is -0.385 e. The third-order valence-corrected chi connectivity index (χ3v) is 4.72. The summed E-state index contributed by atoms with van der Waals surface area (Å²) in [5.74, 6) is -0.0463. The number of ketones is 1. The molecule has 1 atom stereocenters. The molecule has 0 aliphatic heterocycles. The molecule has 0 saturated heterocycles. The van der Waals surface area contributed by atoms with Gasteiger partial charge >= 0.3 is 0 Å². The van der Waals surface area contributed by atoms with E-state index in [1.165, 1.54) is 22.3 Å². The summed E-state index contributed by atoms with van der Waals surface area (Å²) in [6.45, 7) is 0. The van der Waals surface area contributed by atoms with Crippen molar-refractivity contribution in [3.63, 3.8) is 0 Å². The molecule has 0 unspecified atom stereocenters. The highest BCUT2D eigenvalue weighted by Gasteiger charge is 2.15. The van der Waals surface area contributed by atoms with Crippen molar-refractivity contribution in [2.45, 2.75) is 51.0 Å². The van der Waals surface area contributed by atoms with Crippen LogP contribution in [0.5, 0.6) is 0 Å². The lowest BCUT2D eigenvalue weighted by Gasteiger charge is -2.10. The molecule has 120 valence electrons. The maximum atomic E-state index is 12.1. The van der Waals surface area contributed by atoms with Crippen LogP contribution in [-0.4, -0.2) is 17.0 Å². The molecule has 0 aromatic heterocycles. The standard InChI is InChI=1S/C21H24O2/c22-20-14-12-18-8-4-16(5-9-18)2-1-3-17-6-10-19(11-7-17)13-15-21(20)23/h4-11,20,22H,1-3,12-15H2/t20-/m1/s1. The van der Waals surface area contributed by atoms with Crippen molar-refractivity contribution in [1.82, 2.24) is 0 Å². The van der Waals surface area contributed by atoms with Crippen molar-refractivity contribution in [3.8, 4) is 0 Å². The van der Waals surface area contributed by atoms with Gasteiger partial charge < -0.3 is 5.11 Å². The molecule has 0 radical (unpaired) electrons. The van der Waals surface area contributed by atoms with E-state index in [1.807, 2.05) is 0 Å². The van der Waals surface area contributed by atoms with Gasteiger partial charge in [0.1, 0.15) is 6.10 Å². The first-order chi connectivity index (χ1) is 11.2. The number of rotatable bonds is 0. The summed E-state index contributed by atoms with van der Waals surface area (Å²) in [6.07, 6.45) is 4.87. The summed E-state index contributed by atoms with van der Waals surface area (Å²) in [5.41, 5.74) is 5.06. The molecule has 2 aromatic rings. The van der Waals surface area contributed by atoms with E-state index >= 15 is 0 Å². The molecule has 4 aliphatic rings. The van der Waals surface area contributed by atoms with Gasteiger partial charge in [0.2, 0.25) is 0 Å². The van der Waals surface area contributed by atoms with Gasteiger partial charge in [0.05, 0.1) is 0 Å². The van der Waals surface area contributed by atoms with Gasteiger partial charge in [-0.05, 0) is 60.8 Å². The fraction of sp³-hybridized carbons (Fsp3) is 0.381. The van der Waals surface area contributed by atoms with Crippen molar-refractivity contribution in [1.29, 1.82) is 0 Å². The molecule has 0 spiro atoms. The van der Waals surface area contributed by atoms with Crippen LogP contribution in [0, 0.1) is 0 Å². The van der Waals surface area contributed by atoms with Crippen LogP contribution >= 0.6 is 0 Å². The van der Waals surface area contributed by atoms with E-state index in [0.29, 0.717) is 19.3 Å². The number of benzene rings is 2. The second kappa shape index (κ2) is 7.56. The highest BCUT2D eigenvalue weighted by Crippen LogP contribution is 2.15. The average Bonchev–Trinajstić information content (AvgIpc) is 2.59. The number of carbonyl (C=O) groups is 1. The smallest absolute Gasteiger partial charge is 0.161 e. The van der Waals surface area contributed by atoms with Gasteiger partial charge in [0, 0.05) is 6.42 Å². The molecule has 4 aliphatic carbocycles. The third kappa shape index (κ3) is 4.52. The van der Waals surface area contributed by atoms with Crippen molar-refractivity contribution in [3.05, 3.63) is 70.8 Å². The largest absolute Gasteiger partial charge is 0.385 e. The lowest BCUT2D eigenvalue weighted by molar-refractivity contribution is -0.127. The minimum absolute atomic E-state index is 0.0463. The van der Waals surface area contributed by atoms with Gasteiger partial charge in [0.25, 0.3) is 0 Å². The Bertz CT molecular complexity index is 641. The highest BCUT2D eigenvalue weighted by atomic mass is 16.3. The molecule has 0 amide bonds. The Morgan fingerprint density at radius 2 is 1.09 bits per heavy atom. The molecule has 2 heteroatoms. The fourth-order valence-electron chi connectivity index (χ4n) is 3.14. The van der Waals surface area contributed by atoms with E-state index in [-0.39, 0.29) is 5.78 Å². The zero-order chi connectivity index (χ0) is 16.1. The zero-order valence-electron chi connectivity index (χ0n) is 13.5. The number of Topliss-reactive ketones (excluding diaryl/α,β-unsaturated/α-hetero) is 1. The van der Waals surface area contributed by atoms with Crippen LogP contribution in [0.2, 0.25) is 0 Å². The molecule has 6 rings (SSSR count). The van der Waals surface area contributed by atoms with E-state index in [9.17, 15) is 9.90 Å². The summed E-state index contributed by atoms with van der Waals surface area (Å²) in [7, 11) is 0. The monoisotopic (exact) mass is 308 g/mol. The van der Waals surface area contributed by atoms with Gasteiger partial charge in [-0.25, -0.2) is 0 Å². The molecule has 1 N–H and O–H groups in total. The Balaban J connectivity index is 1.77. The third-order valence-electron chi connectivity index (χ3n) is 4.72. The average molecular weight is 308 g/mol. The Morgan fingerprint density at radius 3 is 1.61 bits per heavy atom. The molecule has 0 fully saturated rings. The Kier molecular flexibility index (Phi) is 5.24. The predicted molar refractivity (Wildman–Crippen MR) is 92.6 cm³/mol.